The third-order valence-electron chi connectivity index (χ3n) is 5.92. The molecule has 0 aliphatic carbocycles. The highest BCUT2D eigenvalue weighted by atomic mass is 35.5. The maximum Gasteiger partial charge on any atom is 0.276 e. The summed E-state index contributed by atoms with van der Waals surface area (Å²) < 4.78 is 1.92. The molecular weight excluding hydrogens is 429 g/mol. The van der Waals surface area contributed by atoms with Crippen molar-refractivity contribution in [3.63, 3.8) is 0 Å². The number of carbonyl (C=O) groups is 2. The lowest BCUT2D eigenvalue weighted by atomic mass is 10.1. The second-order valence-electron chi connectivity index (χ2n) is 7.58. The quantitative estimate of drug-likeness (QED) is 0.676. The number of hydrogen-bond acceptors (Lipinski definition) is 6. The first kappa shape index (κ1) is 26.6. The van der Waals surface area contributed by atoms with Gasteiger partial charge in [-0.2, -0.15) is 0 Å². The van der Waals surface area contributed by atoms with E-state index >= 15 is 0 Å². The molecule has 2 aliphatic rings. The Labute approximate surface area is 191 Å². The minimum Gasteiger partial charge on any atom is -0.342 e. The molecule has 2 amide bonds. The lowest BCUT2D eigenvalue weighted by Crippen LogP contribution is -2.51. The van der Waals surface area contributed by atoms with Gasteiger partial charge in [0.05, 0.1) is 18.3 Å². The van der Waals surface area contributed by atoms with E-state index in [1.165, 1.54) is 0 Å². The molecule has 0 radical (unpaired) electrons. The molecule has 2 saturated heterocycles. The van der Waals surface area contributed by atoms with Crippen molar-refractivity contribution < 1.29 is 9.59 Å². The second kappa shape index (κ2) is 12.4. The van der Waals surface area contributed by atoms with Gasteiger partial charge in [-0.1, -0.05) is 5.21 Å². The summed E-state index contributed by atoms with van der Waals surface area (Å²) >= 11 is 0. The molecule has 2 fully saturated rings. The number of rotatable bonds is 6. The summed E-state index contributed by atoms with van der Waals surface area (Å²) in [5.74, 6) is 0.109. The van der Waals surface area contributed by atoms with Gasteiger partial charge < -0.3 is 15.1 Å². The summed E-state index contributed by atoms with van der Waals surface area (Å²) in [6.45, 7) is 12.4. The van der Waals surface area contributed by atoms with Crippen molar-refractivity contribution in [1.82, 2.24) is 35.0 Å². The Bertz CT molecular complexity index is 682. The van der Waals surface area contributed by atoms with Crippen molar-refractivity contribution in [3.05, 3.63) is 11.4 Å². The fourth-order valence-corrected chi connectivity index (χ4v) is 4.06. The number of carbonyl (C=O) groups excluding carboxylic acids is 2. The number of nitrogens with zero attached hydrogens (tertiary/aromatic N) is 6. The van der Waals surface area contributed by atoms with Crippen molar-refractivity contribution in [2.75, 3.05) is 58.9 Å². The van der Waals surface area contributed by atoms with Crippen molar-refractivity contribution in [1.29, 1.82) is 0 Å². The van der Waals surface area contributed by atoms with Crippen LogP contribution in [0.5, 0.6) is 0 Å². The fraction of sp³-hybridized carbons (Fsp3) is 0.789. The molecule has 11 heteroatoms. The molecule has 0 atom stereocenters. The van der Waals surface area contributed by atoms with E-state index in [1.807, 2.05) is 35.3 Å². The van der Waals surface area contributed by atoms with Crippen LogP contribution >= 0.6 is 24.8 Å². The molecule has 0 saturated carbocycles. The van der Waals surface area contributed by atoms with Gasteiger partial charge in [-0.05, 0) is 46.7 Å². The van der Waals surface area contributed by atoms with Gasteiger partial charge in [0.15, 0.2) is 5.69 Å². The predicted molar refractivity (Wildman–Crippen MR) is 121 cm³/mol. The van der Waals surface area contributed by atoms with Gasteiger partial charge in [-0.15, -0.1) is 29.9 Å². The van der Waals surface area contributed by atoms with Crippen molar-refractivity contribution in [2.45, 2.75) is 39.7 Å². The van der Waals surface area contributed by atoms with Crippen LogP contribution in [0.4, 0.5) is 0 Å². The zero-order chi connectivity index (χ0) is 20.1. The molecule has 0 spiro atoms. The van der Waals surface area contributed by atoms with Crippen LogP contribution in [0, 0.1) is 6.92 Å². The number of halogens is 2. The average Bonchev–Trinajstić information content (AvgIpc) is 3.11. The minimum absolute atomic E-state index is 0. The average molecular weight is 464 g/mol. The van der Waals surface area contributed by atoms with Crippen LogP contribution in [-0.4, -0.2) is 100 Å². The predicted octanol–water partition coefficient (Wildman–Crippen LogP) is 0.981. The number of amides is 2. The highest BCUT2D eigenvalue weighted by Gasteiger charge is 2.29. The minimum atomic E-state index is -0.0487. The van der Waals surface area contributed by atoms with Crippen LogP contribution in [0.2, 0.25) is 0 Å². The molecule has 30 heavy (non-hydrogen) atoms. The smallest absolute Gasteiger partial charge is 0.276 e. The maximum atomic E-state index is 13.0. The Morgan fingerprint density at radius 3 is 2.23 bits per heavy atom. The summed E-state index contributed by atoms with van der Waals surface area (Å²) in [5.41, 5.74) is 1.32. The van der Waals surface area contributed by atoms with Crippen molar-refractivity contribution >= 4 is 36.6 Å². The fourth-order valence-electron chi connectivity index (χ4n) is 4.06. The van der Waals surface area contributed by atoms with Gasteiger partial charge in [-0.25, -0.2) is 4.68 Å². The van der Waals surface area contributed by atoms with E-state index in [2.05, 4.69) is 20.5 Å². The van der Waals surface area contributed by atoms with Gasteiger partial charge in [-0.3, -0.25) is 14.5 Å². The van der Waals surface area contributed by atoms with Gasteiger partial charge in [0, 0.05) is 39.3 Å². The van der Waals surface area contributed by atoms with Gasteiger partial charge in [0.25, 0.3) is 5.91 Å². The van der Waals surface area contributed by atoms with Crippen molar-refractivity contribution in [3.8, 4) is 0 Å². The highest BCUT2D eigenvalue weighted by molar-refractivity contribution is 5.93. The molecule has 1 aromatic heterocycles. The number of likely N-dealkylation sites (N-methyl/N-ethyl adjacent to an activating group) is 1. The Balaban J connectivity index is 0.00000225. The van der Waals surface area contributed by atoms with Crippen molar-refractivity contribution in [2.24, 2.45) is 0 Å². The summed E-state index contributed by atoms with van der Waals surface area (Å²) in [4.78, 5) is 31.0. The lowest BCUT2D eigenvalue weighted by Gasteiger charge is -2.35. The molecule has 172 valence electrons. The molecule has 1 aromatic rings. The van der Waals surface area contributed by atoms with Crippen LogP contribution < -0.4 is 5.32 Å². The Hall–Kier alpha value is -1.42. The largest absolute Gasteiger partial charge is 0.342 e. The first-order valence-corrected chi connectivity index (χ1v) is 10.5. The molecule has 3 rings (SSSR count). The van der Waals surface area contributed by atoms with E-state index in [-0.39, 0.29) is 36.6 Å². The van der Waals surface area contributed by atoms with Crippen LogP contribution in [0.1, 0.15) is 48.9 Å². The Morgan fingerprint density at radius 1 is 1.07 bits per heavy atom. The summed E-state index contributed by atoms with van der Waals surface area (Å²) in [5, 5.41) is 11.8. The Kier molecular flexibility index (Phi) is 11.0. The number of nitrogens with one attached hydrogen (secondary N) is 1. The highest BCUT2D eigenvalue weighted by Crippen LogP contribution is 2.21. The second-order valence-corrected chi connectivity index (χ2v) is 7.58. The maximum absolute atomic E-state index is 13.0. The van der Waals surface area contributed by atoms with E-state index in [0.717, 1.165) is 44.7 Å². The molecular formula is C19H35Cl2N7O2. The number of piperidine rings is 1. The number of piperazine rings is 1. The summed E-state index contributed by atoms with van der Waals surface area (Å²) in [7, 11) is 0. The molecule has 2 aliphatic heterocycles. The first-order valence-electron chi connectivity index (χ1n) is 10.5. The molecule has 3 heterocycles. The third kappa shape index (κ3) is 6.06. The molecule has 9 nitrogen and oxygen atoms in total. The SMILES string of the molecule is CCN(CC)C(=O)CN1CCN(C(=O)c2nnn(C3CCNCC3)c2C)CC1.Cl.Cl. The van der Waals surface area contributed by atoms with Crippen LogP contribution in [0.15, 0.2) is 0 Å². The third-order valence-corrected chi connectivity index (χ3v) is 5.92. The topological polar surface area (TPSA) is 86.6 Å². The molecule has 0 unspecified atom stereocenters. The monoisotopic (exact) mass is 463 g/mol. The normalized spacial score (nSPS) is 17.8. The Morgan fingerprint density at radius 2 is 1.67 bits per heavy atom. The number of hydrogen-bond donors (Lipinski definition) is 1. The van der Waals surface area contributed by atoms with E-state index in [0.29, 0.717) is 44.5 Å². The molecule has 0 aromatic carbocycles. The van der Waals surface area contributed by atoms with Gasteiger partial charge >= 0.3 is 0 Å². The zero-order valence-electron chi connectivity index (χ0n) is 18.2. The van der Waals surface area contributed by atoms with E-state index in [4.69, 9.17) is 0 Å². The van der Waals surface area contributed by atoms with Crippen LogP contribution in [0.25, 0.3) is 0 Å². The summed E-state index contributed by atoms with van der Waals surface area (Å²) in [6.07, 6.45) is 2.02. The van der Waals surface area contributed by atoms with Gasteiger partial charge in [0.1, 0.15) is 0 Å². The standard InChI is InChI=1S/C19H33N7O2.2ClH/c1-4-24(5-2)17(27)14-23-10-12-25(13-11-23)19(28)18-15(3)26(22-21-18)16-6-8-20-9-7-16;;/h16,20H,4-14H2,1-3H3;2*1H. The van der Waals surface area contributed by atoms with Crippen LogP contribution in [-0.2, 0) is 4.79 Å². The van der Waals surface area contributed by atoms with E-state index in [1.54, 1.807) is 0 Å². The first-order chi connectivity index (χ1) is 13.5. The van der Waals surface area contributed by atoms with E-state index in [9.17, 15) is 9.59 Å². The van der Waals surface area contributed by atoms with E-state index < -0.39 is 0 Å². The lowest BCUT2D eigenvalue weighted by molar-refractivity contribution is -0.132. The van der Waals surface area contributed by atoms with Gasteiger partial charge in [0.2, 0.25) is 5.91 Å². The summed E-state index contributed by atoms with van der Waals surface area (Å²) in [6, 6.07) is 0.318. The molecule has 1 N–H and O–H groups in total. The van der Waals surface area contributed by atoms with Crippen LogP contribution in [0.3, 0.4) is 0 Å². The zero-order valence-corrected chi connectivity index (χ0v) is 19.8. The number of aromatic nitrogens is 3. The molecule has 0 bridgehead atoms.